The highest BCUT2D eigenvalue weighted by molar-refractivity contribution is 14.1. The molecule has 1 amide bonds. The first-order valence-corrected chi connectivity index (χ1v) is 7.14. The van der Waals surface area contributed by atoms with Crippen LogP contribution >= 0.6 is 45.2 Å². The van der Waals surface area contributed by atoms with Gasteiger partial charge in [0, 0.05) is 12.7 Å². The van der Waals surface area contributed by atoms with E-state index in [0.29, 0.717) is 5.56 Å². The second kappa shape index (κ2) is 5.81. The molecule has 0 aromatic heterocycles. The molecule has 0 unspecified atom stereocenters. The number of amides is 1. The normalized spacial score (nSPS) is 10.0. The molecule has 86 valence electrons. The van der Waals surface area contributed by atoms with Crippen molar-refractivity contribution in [3.05, 3.63) is 61.2 Å². The van der Waals surface area contributed by atoms with Gasteiger partial charge in [-0.1, -0.05) is 18.2 Å². The van der Waals surface area contributed by atoms with Crippen LogP contribution < -0.4 is 5.32 Å². The Balaban J connectivity index is 2.19. The fourth-order valence-electron chi connectivity index (χ4n) is 1.37. The van der Waals surface area contributed by atoms with Gasteiger partial charge in [0.15, 0.2) is 0 Å². The van der Waals surface area contributed by atoms with E-state index in [0.717, 1.165) is 12.8 Å². The van der Waals surface area contributed by atoms with E-state index in [9.17, 15) is 4.79 Å². The molecule has 2 nitrogen and oxygen atoms in total. The average Bonchev–Trinajstić information content (AvgIpc) is 2.34. The van der Waals surface area contributed by atoms with Gasteiger partial charge < -0.3 is 5.32 Å². The monoisotopic (exact) mass is 449 g/mol. The number of benzene rings is 2. The first kappa shape index (κ1) is 12.8. The van der Waals surface area contributed by atoms with Gasteiger partial charge in [0.25, 0.3) is 5.91 Å². The molecule has 2 aromatic rings. The van der Waals surface area contributed by atoms with Gasteiger partial charge in [-0.25, -0.2) is 0 Å². The van der Waals surface area contributed by atoms with Crippen LogP contribution in [0.5, 0.6) is 0 Å². The first-order valence-electron chi connectivity index (χ1n) is 4.98. The summed E-state index contributed by atoms with van der Waals surface area (Å²) in [5.74, 6) is -0.0790. The van der Waals surface area contributed by atoms with Crippen molar-refractivity contribution in [2.24, 2.45) is 0 Å². The smallest absolute Gasteiger partial charge is 0.255 e. The van der Waals surface area contributed by atoms with E-state index in [-0.39, 0.29) is 5.91 Å². The summed E-state index contributed by atoms with van der Waals surface area (Å²) in [5, 5.41) is 2.90. The number of hydrogen-bond donors (Lipinski definition) is 1. The van der Waals surface area contributed by atoms with Gasteiger partial charge in [-0.05, 0) is 75.5 Å². The SMILES string of the molecule is O=C(Nc1ccc(I)cc1I)c1ccccc1. The molecule has 4 heteroatoms. The summed E-state index contributed by atoms with van der Waals surface area (Å²) in [4.78, 5) is 11.9. The van der Waals surface area contributed by atoms with Gasteiger partial charge in [0.2, 0.25) is 0 Å². The predicted molar refractivity (Wildman–Crippen MR) is 86.3 cm³/mol. The summed E-state index contributed by atoms with van der Waals surface area (Å²) in [6.45, 7) is 0. The van der Waals surface area contributed by atoms with Crippen LogP contribution in [0.25, 0.3) is 0 Å². The molecule has 0 aliphatic carbocycles. The van der Waals surface area contributed by atoms with Crippen LogP contribution in [0.1, 0.15) is 10.4 Å². The molecular weight excluding hydrogens is 440 g/mol. The van der Waals surface area contributed by atoms with Crippen LogP contribution in [0, 0.1) is 7.14 Å². The van der Waals surface area contributed by atoms with Crippen LogP contribution in [0.15, 0.2) is 48.5 Å². The van der Waals surface area contributed by atoms with Crippen molar-refractivity contribution in [2.45, 2.75) is 0 Å². The molecule has 0 fully saturated rings. The van der Waals surface area contributed by atoms with E-state index in [1.54, 1.807) is 12.1 Å². The van der Waals surface area contributed by atoms with Crippen LogP contribution in [-0.4, -0.2) is 5.91 Å². The summed E-state index contributed by atoms with van der Waals surface area (Å²) >= 11 is 4.47. The molecule has 2 aromatic carbocycles. The number of anilines is 1. The minimum absolute atomic E-state index is 0.0790. The first-order chi connectivity index (χ1) is 8.16. The van der Waals surface area contributed by atoms with Crippen LogP contribution in [0.4, 0.5) is 5.69 Å². The third-order valence-electron chi connectivity index (χ3n) is 2.22. The van der Waals surface area contributed by atoms with Gasteiger partial charge in [-0.2, -0.15) is 0 Å². The van der Waals surface area contributed by atoms with Crippen LogP contribution in [0.2, 0.25) is 0 Å². The minimum atomic E-state index is -0.0790. The molecular formula is C13H9I2NO. The van der Waals surface area contributed by atoms with E-state index in [4.69, 9.17) is 0 Å². The van der Waals surface area contributed by atoms with Gasteiger partial charge in [0.05, 0.1) is 5.69 Å². The summed E-state index contributed by atoms with van der Waals surface area (Å²) in [6.07, 6.45) is 0. The maximum Gasteiger partial charge on any atom is 0.255 e. The van der Waals surface area contributed by atoms with E-state index < -0.39 is 0 Å². The highest BCUT2D eigenvalue weighted by atomic mass is 127. The Morgan fingerprint density at radius 1 is 1.00 bits per heavy atom. The molecule has 0 spiro atoms. The fraction of sp³-hybridized carbons (Fsp3) is 0. The summed E-state index contributed by atoms with van der Waals surface area (Å²) < 4.78 is 2.20. The molecule has 0 heterocycles. The summed E-state index contributed by atoms with van der Waals surface area (Å²) in [5.41, 5.74) is 1.52. The summed E-state index contributed by atoms with van der Waals surface area (Å²) in [6, 6.07) is 15.1. The van der Waals surface area contributed by atoms with Crippen molar-refractivity contribution in [3.8, 4) is 0 Å². The van der Waals surface area contributed by atoms with Gasteiger partial charge in [0.1, 0.15) is 0 Å². The number of carbonyl (C=O) groups is 1. The van der Waals surface area contributed by atoms with E-state index in [1.807, 2.05) is 36.4 Å². The van der Waals surface area contributed by atoms with E-state index in [1.165, 1.54) is 0 Å². The van der Waals surface area contributed by atoms with E-state index >= 15 is 0 Å². The van der Waals surface area contributed by atoms with Crippen molar-refractivity contribution in [1.29, 1.82) is 0 Å². The van der Waals surface area contributed by atoms with Crippen molar-refractivity contribution in [2.75, 3.05) is 5.32 Å². The maximum atomic E-state index is 11.9. The van der Waals surface area contributed by atoms with Gasteiger partial charge in [-0.3, -0.25) is 4.79 Å². The summed E-state index contributed by atoms with van der Waals surface area (Å²) in [7, 11) is 0. The number of rotatable bonds is 2. The molecule has 0 bridgehead atoms. The lowest BCUT2D eigenvalue weighted by molar-refractivity contribution is 0.102. The van der Waals surface area contributed by atoms with Crippen molar-refractivity contribution in [3.63, 3.8) is 0 Å². The van der Waals surface area contributed by atoms with E-state index in [2.05, 4.69) is 50.5 Å². The molecule has 2 rings (SSSR count). The van der Waals surface area contributed by atoms with Crippen molar-refractivity contribution >= 4 is 56.8 Å². The third kappa shape index (κ3) is 3.41. The molecule has 0 atom stereocenters. The second-order valence-corrected chi connectivity index (χ2v) is 5.85. The molecule has 0 radical (unpaired) electrons. The Bertz CT molecular complexity index is 540. The van der Waals surface area contributed by atoms with Crippen molar-refractivity contribution < 1.29 is 4.79 Å². The zero-order valence-electron chi connectivity index (χ0n) is 8.78. The molecule has 1 N–H and O–H groups in total. The number of carbonyl (C=O) groups excluding carboxylic acids is 1. The predicted octanol–water partition coefficient (Wildman–Crippen LogP) is 4.15. The van der Waals surface area contributed by atoms with Gasteiger partial charge in [-0.15, -0.1) is 0 Å². The third-order valence-corrected chi connectivity index (χ3v) is 3.78. The Kier molecular flexibility index (Phi) is 4.38. The zero-order valence-corrected chi connectivity index (χ0v) is 13.1. The quantitative estimate of drug-likeness (QED) is 0.687. The maximum absolute atomic E-state index is 11.9. The van der Waals surface area contributed by atoms with Gasteiger partial charge >= 0.3 is 0 Å². The molecule has 0 aliphatic rings. The number of hydrogen-bond acceptors (Lipinski definition) is 1. The molecule has 17 heavy (non-hydrogen) atoms. The average molecular weight is 449 g/mol. The molecule has 0 saturated heterocycles. The topological polar surface area (TPSA) is 29.1 Å². The lowest BCUT2D eigenvalue weighted by Crippen LogP contribution is -2.12. The highest BCUT2D eigenvalue weighted by Gasteiger charge is 2.07. The zero-order chi connectivity index (χ0) is 12.3. The second-order valence-electron chi connectivity index (χ2n) is 3.44. The standard InChI is InChI=1S/C13H9I2NO/c14-10-6-7-12(11(15)8-10)16-13(17)9-4-2-1-3-5-9/h1-8H,(H,16,17). The van der Waals surface area contributed by atoms with Crippen LogP contribution in [-0.2, 0) is 0 Å². The highest BCUT2D eigenvalue weighted by Crippen LogP contribution is 2.21. The Hall–Kier alpha value is -0.630. The fourth-order valence-corrected chi connectivity index (χ4v) is 3.11. The Morgan fingerprint density at radius 2 is 1.71 bits per heavy atom. The molecule has 0 saturated carbocycles. The van der Waals surface area contributed by atoms with Crippen LogP contribution in [0.3, 0.4) is 0 Å². The lowest BCUT2D eigenvalue weighted by atomic mass is 10.2. The Morgan fingerprint density at radius 3 is 2.35 bits per heavy atom. The number of halogens is 2. The number of nitrogens with one attached hydrogen (secondary N) is 1. The largest absolute Gasteiger partial charge is 0.321 e. The lowest BCUT2D eigenvalue weighted by Gasteiger charge is -2.07. The van der Waals surface area contributed by atoms with Crippen molar-refractivity contribution in [1.82, 2.24) is 0 Å². The minimum Gasteiger partial charge on any atom is -0.321 e. The Labute approximate surface area is 127 Å². The molecule has 0 aliphatic heterocycles.